The van der Waals surface area contributed by atoms with Gasteiger partial charge in [-0.05, 0) is 91.8 Å². The zero-order chi connectivity index (χ0) is 22.2. The lowest BCUT2D eigenvalue weighted by Gasteiger charge is -2.33. The van der Waals surface area contributed by atoms with E-state index in [0.717, 1.165) is 4.60 Å². The van der Waals surface area contributed by atoms with Crippen molar-refractivity contribution in [2.75, 3.05) is 0 Å². The van der Waals surface area contributed by atoms with Gasteiger partial charge >= 0.3 is 0 Å². The molecule has 0 spiro atoms. The topological polar surface area (TPSA) is 15.8 Å². The molecule has 1 aromatic heterocycles. The largest absolute Gasteiger partial charge is 0.349 e. The first kappa shape index (κ1) is 20.0. The predicted octanol–water partition coefficient (Wildman–Crippen LogP) is 7.97. The zero-order valence-electron chi connectivity index (χ0n) is 18.9. The summed E-state index contributed by atoms with van der Waals surface area (Å²) < 4.78 is 1.02. The number of aromatic nitrogens is 1. The number of benzene rings is 3. The van der Waals surface area contributed by atoms with E-state index in [-0.39, 0.29) is 0 Å². The van der Waals surface area contributed by atoms with Crippen LogP contribution in [0.4, 0.5) is 0 Å². The molecule has 0 aliphatic heterocycles. The van der Waals surface area contributed by atoms with E-state index < -0.39 is 8.07 Å². The van der Waals surface area contributed by atoms with Crippen LogP contribution < -0.4 is 5.19 Å². The Morgan fingerprint density at radius 1 is 0.750 bits per heavy atom. The van der Waals surface area contributed by atoms with Crippen molar-refractivity contribution in [2.45, 2.75) is 32.5 Å². The third kappa shape index (κ3) is 2.68. The summed E-state index contributed by atoms with van der Waals surface area (Å²) in [6.45, 7) is 9.73. The minimum absolute atomic E-state index is 0.460. The second kappa shape index (κ2) is 6.94. The van der Waals surface area contributed by atoms with Crippen molar-refractivity contribution in [3.63, 3.8) is 0 Å². The fourth-order valence-electron chi connectivity index (χ4n) is 6.32. The van der Waals surface area contributed by atoms with E-state index in [1.807, 2.05) is 0 Å². The van der Waals surface area contributed by atoms with Gasteiger partial charge in [-0.15, -0.1) is 0 Å². The first-order valence-electron chi connectivity index (χ1n) is 11.3. The van der Waals surface area contributed by atoms with Gasteiger partial charge in [0, 0.05) is 16.4 Å². The van der Waals surface area contributed by atoms with Crippen LogP contribution in [0.25, 0.3) is 32.8 Å². The second-order valence-corrected chi connectivity index (χ2v) is 15.1. The Morgan fingerprint density at radius 3 is 2.03 bits per heavy atom. The maximum absolute atomic E-state index is 3.63. The number of hydrogen-bond donors (Lipinski definition) is 1. The third-order valence-electron chi connectivity index (χ3n) is 7.55. The second-order valence-electron chi connectivity index (χ2n) is 9.76. The summed E-state index contributed by atoms with van der Waals surface area (Å²) in [7, 11) is -1.96. The molecule has 1 nitrogen and oxygen atoms in total. The van der Waals surface area contributed by atoms with Gasteiger partial charge in [0.25, 0.3) is 0 Å². The van der Waals surface area contributed by atoms with Crippen LogP contribution in [0.1, 0.15) is 27.8 Å². The third-order valence-corrected chi connectivity index (χ3v) is 12.0. The average molecular weight is 497 g/mol. The van der Waals surface area contributed by atoms with Crippen LogP contribution in [-0.2, 0) is 0 Å². The molecule has 3 heteroatoms. The molecule has 6 rings (SSSR count). The lowest BCUT2D eigenvalue weighted by atomic mass is 10.0. The van der Waals surface area contributed by atoms with E-state index in [0.29, 0.717) is 5.54 Å². The van der Waals surface area contributed by atoms with Crippen molar-refractivity contribution in [1.82, 2.24) is 4.98 Å². The molecule has 0 unspecified atom stereocenters. The molecule has 1 aliphatic rings. The van der Waals surface area contributed by atoms with Crippen LogP contribution in [0.3, 0.4) is 0 Å². The van der Waals surface area contributed by atoms with Gasteiger partial charge in [-0.3, -0.25) is 0 Å². The minimum atomic E-state index is -1.96. The number of hydrogen-bond acceptors (Lipinski definition) is 0. The number of rotatable bonds is 2. The summed E-state index contributed by atoms with van der Waals surface area (Å²) in [6, 6.07) is 27.3. The molecular formula is C29H26BrNSi. The molecule has 158 valence electrons. The van der Waals surface area contributed by atoms with Crippen LogP contribution in [0.5, 0.6) is 0 Å². The summed E-state index contributed by atoms with van der Waals surface area (Å²) in [5.41, 5.74) is 10.3. The molecule has 1 aliphatic carbocycles. The smallest absolute Gasteiger partial charge is 0.0939 e. The van der Waals surface area contributed by atoms with Crippen molar-refractivity contribution >= 4 is 50.9 Å². The van der Waals surface area contributed by atoms with E-state index in [2.05, 4.69) is 121 Å². The first-order chi connectivity index (χ1) is 15.4. The molecule has 0 bridgehead atoms. The molecule has 1 heterocycles. The molecular weight excluding hydrogens is 470 g/mol. The molecule has 1 N–H and O–H groups in total. The molecule has 0 saturated heterocycles. The monoisotopic (exact) mass is 495 g/mol. The molecule has 0 atom stereocenters. The van der Waals surface area contributed by atoms with E-state index in [1.165, 1.54) is 55.1 Å². The molecule has 0 saturated carbocycles. The average Bonchev–Trinajstić information content (AvgIpc) is 3.29. The van der Waals surface area contributed by atoms with Crippen LogP contribution >= 0.6 is 15.9 Å². The Morgan fingerprint density at radius 2 is 1.38 bits per heavy atom. The van der Waals surface area contributed by atoms with Crippen molar-refractivity contribution in [2.24, 2.45) is 0 Å². The fourth-order valence-corrected chi connectivity index (χ4v) is 11.0. The standard InChI is InChI=1S/C29H26BrNSi/c1-17-15-24-18(2)19-13-14-27(30)31-26(19)16-25(24)28(17)32(3,4)29-22-11-7-5-9-20(22)21-10-6-8-12-23(21)29/h5-16,29,31H,1-4H3. The van der Waals surface area contributed by atoms with Gasteiger partial charge in [0.15, 0.2) is 0 Å². The van der Waals surface area contributed by atoms with Crippen molar-refractivity contribution in [1.29, 1.82) is 0 Å². The lowest BCUT2D eigenvalue weighted by Crippen LogP contribution is -2.48. The van der Waals surface area contributed by atoms with Gasteiger partial charge in [-0.1, -0.05) is 73.3 Å². The SMILES string of the molecule is Cc1cc2c(C)c3ccc(Br)[nH]c3cc2c1[Si](C)(C)C1c2ccccc2-c2ccccc21. The number of pyridine rings is 1. The Bertz CT molecular complexity index is 1500. The number of fused-ring (bicyclic) bond motifs is 5. The van der Waals surface area contributed by atoms with Crippen LogP contribution in [-0.4, -0.2) is 13.1 Å². The van der Waals surface area contributed by atoms with Gasteiger partial charge in [0.1, 0.15) is 0 Å². The summed E-state index contributed by atoms with van der Waals surface area (Å²) in [5.74, 6) is 0. The molecule has 5 aromatic rings. The Labute approximate surface area is 198 Å². The highest BCUT2D eigenvalue weighted by atomic mass is 79.9. The van der Waals surface area contributed by atoms with E-state index in [4.69, 9.17) is 0 Å². The van der Waals surface area contributed by atoms with Crippen molar-refractivity contribution < 1.29 is 0 Å². The lowest BCUT2D eigenvalue weighted by molar-refractivity contribution is 1.13. The van der Waals surface area contributed by atoms with E-state index >= 15 is 0 Å². The van der Waals surface area contributed by atoms with Gasteiger partial charge in [0.05, 0.1) is 12.7 Å². The molecule has 4 aromatic carbocycles. The van der Waals surface area contributed by atoms with Crippen LogP contribution in [0, 0.1) is 13.8 Å². The van der Waals surface area contributed by atoms with Crippen LogP contribution in [0.15, 0.2) is 77.4 Å². The fraction of sp³-hybridized carbons (Fsp3) is 0.172. The van der Waals surface area contributed by atoms with Crippen molar-refractivity contribution in [3.05, 3.63) is 99.7 Å². The maximum Gasteiger partial charge on any atom is 0.0939 e. The Balaban J connectivity index is 1.66. The van der Waals surface area contributed by atoms with Gasteiger partial charge in [-0.2, -0.15) is 0 Å². The summed E-state index contributed by atoms with van der Waals surface area (Å²) in [5, 5.41) is 5.73. The highest BCUT2D eigenvalue weighted by Gasteiger charge is 2.43. The van der Waals surface area contributed by atoms with Gasteiger partial charge < -0.3 is 4.98 Å². The zero-order valence-corrected chi connectivity index (χ0v) is 21.5. The quantitative estimate of drug-likeness (QED) is 0.188. The number of H-pyrrole nitrogens is 1. The molecule has 0 fully saturated rings. The van der Waals surface area contributed by atoms with Crippen LogP contribution in [0.2, 0.25) is 13.1 Å². The Hall–Kier alpha value is -2.62. The summed E-state index contributed by atoms with van der Waals surface area (Å²) in [4.78, 5) is 3.54. The summed E-state index contributed by atoms with van der Waals surface area (Å²) >= 11 is 3.63. The highest BCUT2D eigenvalue weighted by molar-refractivity contribution is 9.10. The summed E-state index contributed by atoms with van der Waals surface area (Å²) in [6.07, 6.45) is 0. The molecule has 32 heavy (non-hydrogen) atoms. The maximum atomic E-state index is 3.63. The number of halogens is 1. The number of aromatic amines is 1. The normalized spacial score (nSPS) is 13.7. The first-order valence-corrected chi connectivity index (χ1v) is 15.1. The van der Waals surface area contributed by atoms with E-state index in [9.17, 15) is 0 Å². The minimum Gasteiger partial charge on any atom is -0.349 e. The molecule has 0 amide bonds. The predicted molar refractivity (Wildman–Crippen MR) is 144 cm³/mol. The number of nitrogens with one attached hydrogen (secondary N) is 1. The Kier molecular flexibility index (Phi) is 4.34. The van der Waals surface area contributed by atoms with Crippen molar-refractivity contribution in [3.8, 4) is 11.1 Å². The van der Waals surface area contributed by atoms with Gasteiger partial charge in [0.2, 0.25) is 0 Å². The molecule has 0 radical (unpaired) electrons. The highest BCUT2D eigenvalue weighted by Crippen LogP contribution is 2.49. The van der Waals surface area contributed by atoms with Gasteiger partial charge in [-0.25, -0.2) is 0 Å². The van der Waals surface area contributed by atoms with E-state index in [1.54, 1.807) is 5.19 Å². The number of aryl methyl sites for hydroxylation is 2.